The summed E-state index contributed by atoms with van der Waals surface area (Å²) < 4.78 is 0. The van der Waals surface area contributed by atoms with Crippen LogP contribution in [0.3, 0.4) is 0 Å². The molecule has 2 nitrogen and oxygen atoms in total. The normalized spacial score (nSPS) is 30.3. The Bertz CT molecular complexity index is 243. The van der Waals surface area contributed by atoms with Gasteiger partial charge in [-0.3, -0.25) is 5.32 Å². The molecule has 0 bridgehead atoms. The van der Waals surface area contributed by atoms with Crippen molar-refractivity contribution in [1.29, 1.82) is 5.26 Å². The highest BCUT2D eigenvalue weighted by atomic mass is 32.2. The van der Waals surface area contributed by atoms with Gasteiger partial charge in [-0.25, -0.2) is 0 Å². The van der Waals surface area contributed by atoms with Crippen LogP contribution in [0.4, 0.5) is 0 Å². The molecule has 0 heterocycles. The summed E-state index contributed by atoms with van der Waals surface area (Å²) in [4.78, 5) is 0. The molecule has 16 heavy (non-hydrogen) atoms. The fourth-order valence-corrected chi connectivity index (χ4v) is 3.73. The molecule has 1 N–H and O–H groups in total. The predicted octanol–water partition coefficient (Wildman–Crippen LogP) is 3.19. The third-order valence-corrected chi connectivity index (χ3v) is 4.83. The first-order chi connectivity index (χ1) is 7.62. The molecule has 1 saturated carbocycles. The van der Waals surface area contributed by atoms with Crippen LogP contribution in [0, 0.1) is 17.2 Å². The van der Waals surface area contributed by atoms with Gasteiger partial charge in [0.25, 0.3) is 0 Å². The van der Waals surface area contributed by atoms with E-state index in [1.165, 1.54) is 18.6 Å². The van der Waals surface area contributed by atoms with Crippen molar-refractivity contribution in [2.75, 3.05) is 12.3 Å². The van der Waals surface area contributed by atoms with Crippen LogP contribution in [-0.4, -0.2) is 23.1 Å². The van der Waals surface area contributed by atoms with E-state index in [1.807, 2.05) is 0 Å². The molecule has 0 aromatic rings. The number of hydrogen-bond donors (Lipinski definition) is 1. The van der Waals surface area contributed by atoms with E-state index in [9.17, 15) is 5.26 Å². The second-order valence-electron chi connectivity index (χ2n) is 5.17. The molecule has 1 aliphatic carbocycles. The standard InChI is InChI=1S/C13H24N2S/c1-4-15-13(10-14)7-5-6-12(8-13)16-9-11(2)3/h11-12,15H,4-9H2,1-3H3. The van der Waals surface area contributed by atoms with Crippen LogP contribution in [0.15, 0.2) is 0 Å². The lowest BCUT2D eigenvalue weighted by atomic mass is 9.82. The van der Waals surface area contributed by atoms with Crippen molar-refractivity contribution in [2.45, 2.75) is 57.2 Å². The van der Waals surface area contributed by atoms with E-state index in [0.29, 0.717) is 5.25 Å². The van der Waals surface area contributed by atoms with Gasteiger partial charge < -0.3 is 0 Å². The minimum absolute atomic E-state index is 0.234. The zero-order valence-electron chi connectivity index (χ0n) is 10.8. The Morgan fingerprint density at radius 2 is 2.31 bits per heavy atom. The van der Waals surface area contributed by atoms with Crippen LogP contribution in [0.5, 0.6) is 0 Å². The third-order valence-electron chi connectivity index (χ3n) is 3.10. The molecule has 0 aromatic carbocycles. The van der Waals surface area contributed by atoms with E-state index in [4.69, 9.17) is 0 Å². The van der Waals surface area contributed by atoms with Gasteiger partial charge in [0.2, 0.25) is 0 Å². The Hall–Kier alpha value is -0.200. The zero-order chi connectivity index (χ0) is 12.0. The number of nitrogens with zero attached hydrogens (tertiary/aromatic N) is 1. The largest absolute Gasteiger partial charge is 0.300 e. The number of nitrogens with one attached hydrogen (secondary N) is 1. The summed E-state index contributed by atoms with van der Waals surface area (Å²) in [7, 11) is 0. The quantitative estimate of drug-likeness (QED) is 0.801. The second kappa shape index (κ2) is 6.51. The van der Waals surface area contributed by atoms with Crippen molar-refractivity contribution in [1.82, 2.24) is 5.32 Å². The molecule has 92 valence electrons. The molecule has 1 aliphatic rings. The highest BCUT2D eigenvalue weighted by molar-refractivity contribution is 7.99. The van der Waals surface area contributed by atoms with Crippen LogP contribution < -0.4 is 5.32 Å². The maximum absolute atomic E-state index is 9.35. The molecule has 0 aliphatic heterocycles. The summed E-state index contributed by atoms with van der Waals surface area (Å²) in [6.07, 6.45) is 4.52. The van der Waals surface area contributed by atoms with Crippen molar-refractivity contribution in [2.24, 2.45) is 5.92 Å². The van der Waals surface area contributed by atoms with Crippen LogP contribution >= 0.6 is 11.8 Å². The fourth-order valence-electron chi connectivity index (χ4n) is 2.34. The molecule has 0 amide bonds. The Morgan fingerprint density at radius 1 is 1.56 bits per heavy atom. The van der Waals surface area contributed by atoms with Gasteiger partial charge in [-0.05, 0) is 43.9 Å². The summed E-state index contributed by atoms with van der Waals surface area (Å²) in [5, 5.41) is 13.4. The van der Waals surface area contributed by atoms with E-state index in [-0.39, 0.29) is 5.54 Å². The maximum atomic E-state index is 9.35. The van der Waals surface area contributed by atoms with Crippen molar-refractivity contribution in [3.05, 3.63) is 0 Å². The van der Waals surface area contributed by atoms with Crippen molar-refractivity contribution in [3.8, 4) is 6.07 Å². The van der Waals surface area contributed by atoms with Gasteiger partial charge in [-0.2, -0.15) is 17.0 Å². The molecule has 0 aromatic heterocycles. The van der Waals surface area contributed by atoms with Gasteiger partial charge in [0, 0.05) is 5.25 Å². The average Bonchev–Trinajstić information content (AvgIpc) is 2.27. The van der Waals surface area contributed by atoms with Crippen LogP contribution in [0.2, 0.25) is 0 Å². The van der Waals surface area contributed by atoms with E-state index in [2.05, 4.69) is 43.9 Å². The van der Waals surface area contributed by atoms with Crippen molar-refractivity contribution in [3.63, 3.8) is 0 Å². The molecular formula is C13H24N2S. The molecular weight excluding hydrogens is 216 g/mol. The lowest BCUT2D eigenvalue weighted by molar-refractivity contribution is 0.309. The number of rotatable bonds is 5. The van der Waals surface area contributed by atoms with E-state index in [1.54, 1.807) is 0 Å². The molecule has 1 fully saturated rings. The van der Waals surface area contributed by atoms with Crippen LogP contribution in [-0.2, 0) is 0 Å². The topological polar surface area (TPSA) is 35.8 Å². The fraction of sp³-hybridized carbons (Fsp3) is 0.923. The van der Waals surface area contributed by atoms with Gasteiger partial charge in [0.1, 0.15) is 5.54 Å². The Morgan fingerprint density at radius 3 is 2.88 bits per heavy atom. The highest BCUT2D eigenvalue weighted by Gasteiger charge is 2.35. The van der Waals surface area contributed by atoms with E-state index < -0.39 is 0 Å². The van der Waals surface area contributed by atoms with Crippen molar-refractivity contribution >= 4 is 11.8 Å². The molecule has 2 atom stereocenters. The molecule has 2 unspecified atom stereocenters. The third kappa shape index (κ3) is 3.99. The summed E-state index contributed by atoms with van der Waals surface area (Å²) in [6, 6.07) is 2.51. The minimum Gasteiger partial charge on any atom is -0.300 e. The van der Waals surface area contributed by atoms with Gasteiger partial charge in [-0.15, -0.1) is 0 Å². The van der Waals surface area contributed by atoms with Gasteiger partial charge in [0.05, 0.1) is 6.07 Å². The number of thioether (sulfide) groups is 1. The number of nitriles is 1. The van der Waals surface area contributed by atoms with Gasteiger partial charge >= 0.3 is 0 Å². The summed E-state index contributed by atoms with van der Waals surface area (Å²) in [6.45, 7) is 7.51. The van der Waals surface area contributed by atoms with Crippen molar-refractivity contribution < 1.29 is 0 Å². The first kappa shape index (κ1) is 13.9. The summed E-state index contributed by atoms with van der Waals surface area (Å²) >= 11 is 2.06. The lowest BCUT2D eigenvalue weighted by Crippen LogP contribution is -2.48. The lowest BCUT2D eigenvalue weighted by Gasteiger charge is -2.36. The molecule has 0 spiro atoms. The van der Waals surface area contributed by atoms with Crippen LogP contribution in [0.25, 0.3) is 0 Å². The molecule has 0 radical (unpaired) electrons. The second-order valence-corrected chi connectivity index (χ2v) is 6.50. The zero-order valence-corrected chi connectivity index (χ0v) is 11.6. The van der Waals surface area contributed by atoms with Crippen LogP contribution in [0.1, 0.15) is 46.5 Å². The highest BCUT2D eigenvalue weighted by Crippen LogP contribution is 2.35. The Balaban J connectivity index is 2.48. The monoisotopic (exact) mass is 240 g/mol. The first-order valence-electron chi connectivity index (χ1n) is 6.40. The Kier molecular flexibility index (Phi) is 5.64. The van der Waals surface area contributed by atoms with E-state index >= 15 is 0 Å². The van der Waals surface area contributed by atoms with Gasteiger partial charge in [-0.1, -0.05) is 20.8 Å². The average molecular weight is 240 g/mol. The summed E-state index contributed by atoms with van der Waals surface area (Å²) in [5.74, 6) is 1.97. The number of hydrogen-bond acceptors (Lipinski definition) is 3. The maximum Gasteiger partial charge on any atom is 0.107 e. The van der Waals surface area contributed by atoms with E-state index in [0.717, 1.165) is 25.3 Å². The molecule has 1 rings (SSSR count). The smallest absolute Gasteiger partial charge is 0.107 e. The predicted molar refractivity (Wildman–Crippen MR) is 71.6 cm³/mol. The molecule has 0 saturated heterocycles. The Labute approximate surface area is 104 Å². The first-order valence-corrected chi connectivity index (χ1v) is 7.44. The summed E-state index contributed by atoms with van der Waals surface area (Å²) in [5.41, 5.74) is -0.234. The van der Waals surface area contributed by atoms with Gasteiger partial charge in [0.15, 0.2) is 0 Å². The SMILES string of the molecule is CCNC1(C#N)CCCC(SCC(C)C)C1. The molecule has 3 heteroatoms. The minimum atomic E-state index is -0.234.